The zero-order chi connectivity index (χ0) is 14.8. The number of anilines is 1. The molecule has 2 rings (SSSR count). The number of carbonyl (C=O) groups is 1. The Morgan fingerprint density at radius 3 is 2.65 bits per heavy atom. The Bertz CT molecular complexity index is 471. The van der Waals surface area contributed by atoms with Gasteiger partial charge >= 0.3 is 0 Å². The monoisotopic (exact) mass is 303 g/mol. The number of halogens is 3. The van der Waals surface area contributed by atoms with Gasteiger partial charge in [-0.05, 0) is 19.1 Å². The Labute approximate surface area is 121 Å². The van der Waals surface area contributed by atoms with Gasteiger partial charge in [-0.2, -0.15) is 0 Å². The summed E-state index contributed by atoms with van der Waals surface area (Å²) in [7, 11) is 0. The maximum absolute atomic E-state index is 13.1. The van der Waals surface area contributed by atoms with Gasteiger partial charge in [0.15, 0.2) is 0 Å². The number of amides is 1. The number of nitrogens with zero attached hydrogens (tertiary/aromatic N) is 2. The van der Waals surface area contributed by atoms with Crippen molar-refractivity contribution in [3.63, 3.8) is 0 Å². The minimum Gasteiger partial charge on any atom is -0.309 e. The summed E-state index contributed by atoms with van der Waals surface area (Å²) in [4.78, 5) is 17.8. The average molecular weight is 304 g/mol. The molecule has 0 spiro atoms. The van der Waals surface area contributed by atoms with Crippen LogP contribution in [0.25, 0.3) is 0 Å². The normalized spacial score (nSPS) is 20.4. The van der Waals surface area contributed by atoms with Gasteiger partial charge in [0.25, 0.3) is 5.92 Å². The van der Waals surface area contributed by atoms with Crippen molar-refractivity contribution in [2.45, 2.75) is 31.7 Å². The van der Waals surface area contributed by atoms with Crippen LogP contribution in [0.2, 0.25) is 5.02 Å². The van der Waals surface area contributed by atoms with Crippen molar-refractivity contribution < 1.29 is 13.6 Å². The highest BCUT2D eigenvalue weighted by Crippen LogP contribution is 2.28. The van der Waals surface area contributed by atoms with Crippen molar-refractivity contribution >= 4 is 23.3 Å². The molecule has 1 aromatic rings. The molecule has 0 aliphatic carbocycles. The molecule has 0 bridgehead atoms. The van der Waals surface area contributed by atoms with Crippen LogP contribution in [0.5, 0.6) is 0 Å². The van der Waals surface area contributed by atoms with Gasteiger partial charge < -0.3 is 5.32 Å². The summed E-state index contributed by atoms with van der Waals surface area (Å²) < 4.78 is 26.2. The molecule has 2 heterocycles. The van der Waals surface area contributed by atoms with Gasteiger partial charge in [0.2, 0.25) is 5.91 Å². The van der Waals surface area contributed by atoms with Crippen LogP contribution in [-0.4, -0.2) is 40.8 Å². The molecule has 1 N–H and O–H groups in total. The summed E-state index contributed by atoms with van der Waals surface area (Å²) in [6.45, 7) is 2.14. The van der Waals surface area contributed by atoms with Gasteiger partial charge in [0, 0.05) is 32.1 Å². The average Bonchev–Trinajstić information content (AvgIpc) is 2.40. The second kappa shape index (κ2) is 6.01. The molecule has 1 unspecified atom stereocenters. The molecule has 4 nitrogen and oxygen atoms in total. The number of aromatic nitrogens is 1. The molecular formula is C13H16ClF2N3O. The fraction of sp³-hybridized carbons (Fsp3) is 0.538. The molecule has 0 aromatic carbocycles. The SMILES string of the molecule is CC(C(=O)Nc1ccc(Cl)cn1)N1CCC(F)(F)CC1. The third kappa shape index (κ3) is 3.86. The molecule has 1 aliphatic rings. The minimum atomic E-state index is -2.61. The van der Waals surface area contributed by atoms with Gasteiger partial charge in [-0.15, -0.1) is 0 Å². The van der Waals surface area contributed by atoms with Crippen LogP contribution in [0.3, 0.4) is 0 Å². The van der Waals surface area contributed by atoms with Gasteiger partial charge in [-0.1, -0.05) is 11.6 Å². The molecule has 1 aromatic heterocycles. The van der Waals surface area contributed by atoms with Crippen LogP contribution in [0.15, 0.2) is 18.3 Å². The summed E-state index contributed by atoms with van der Waals surface area (Å²) in [5.74, 6) is -2.47. The fourth-order valence-corrected chi connectivity index (χ4v) is 2.20. The number of rotatable bonds is 3. The van der Waals surface area contributed by atoms with Crippen LogP contribution in [-0.2, 0) is 4.79 Å². The number of pyridine rings is 1. The predicted octanol–water partition coefficient (Wildman–Crippen LogP) is 2.79. The Balaban J connectivity index is 1.90. The van der Waals surface area contributed by atoms with Crippen LogP contribution in [0, 0.1) is 0 Å². The number of nitrogens with one attached hydrogen (secondary N) is 1. The molecule has 1 atom stereocenters. The van der Waals surface area contributed by atoms with Crippen molar-refractivity contribution in [1.29, 1.82) is 0 Å². The first-order valence-electron chi connectivity index (χ1n) is 6.42. The second-order valence-corrected chi connectivity index (χ2v) is 5.36. The maximum atomic E-state index is 13.1. The first-order chi connectivity index (χ1) is 9.37. The third-order valence-electron chi connectivity index (χ3n) is 3.44. The standard InChI is InChI=1S/C13H16ClF2N3O/c1-9(19-6-4-13(15,16)5-7-19)12(20)18-11-3-2-10(14)8-17-11/h2-3,8-9H,4-7H2,1H3,(H,17,18,20). The Morgan fingerprint density at radius 2 is 2.10 bits per heavy atom. The van der Waals surface area contributed by atoms with E-state index in [2.05, 4.69) is 10.3 Å². The molecule has 110 valence electrons. The molecule has 0 saturated carbocycles. The third-order valence-corrected chi connectivity index (χ3v) is 3.66. The molecular weight excluding hydrogens is 288 g/mol. The quantitative estimate of drug-likeness (QED) is 0.934. The van der Waals surface area contributed by atoms with Gasteiger partial charge in [0.05, 0.1) is 11.1 Å². The zero-order valence-corrected chi connectivity index (χ0v) is 11.8. The summed E-state index contributed by atoms with van der Waals surface area (Å²) in [5.41, 5.74) is 0. The lowest BCUT2D eigenvalue weighted by molar-refractivity contribution is -0.124. The highest BCUT2D eigenvalue weighted by Gasteiger charge is 2.36. The van der Waals surface area contributed by atoms with E-state index in [0.29, 0.717) is 10.8 Å². The van der Waals surface area contributed by atoms with Crippen molar-refractivity contribution in [2.24, 2.45) is 0 Å². The van der Waals surface area contributed by atoms with Crippen LogP contribution < -0.4 is 5.32 Å². The van der Waals surface area contributed by atoms with Gasteiger partial charge in [0.1, 0.15) is 5.82 Å². The van der Waals surface area contributed by atoms with Crippen LogP contribution >= 0.6 is 11.6 Å². The molecule has 1 saturated heterocycles. The van der Waals surface area contributed by atoms with E-state index in [9.17, 15) is 13.6 Å². The Morgan fingerprint density at radius 1 is 1.45 bits per heavy atom. The number of alkyl halides is 2. The predicted molar refractivity (Wildman–Crippen MR) is 73.1 cm³/mol. The number of likely N-dealkylation sites (tertiary alicyclic amines) is 1. The highest BCUT2D eigenvalue weighted by molar-refractivity contribution is 6.30. The zero-order valence-electron chi connectivity index (χ0n) is 11.1. The lowest BCUT2D eigenvalue weighted by Gasteiger charge is -2.34. The smallest absolute Gasteiger partial charge is 0.250 e. The van der Waals surface area contributed by atoms with E-state index in [1.165, 1.54) is 6.20 Å². The van der Waals surface area contributed by atoms with E-state index < -0.39 is 12.0 Å². The fourth-order valence-electron chi connectivity index (χ4n) is 2.08. The molecule has 7 heteroatoms. The number of hydrogen-bond acceptors (Lipinski definition) is 3. The van der Waals surface area contributed by atoms with E-state index in [1.54, 1.807) is 24.0 Å². The van der Waals surface area contributed by atoms with E-state index in [0.717, 1.165) is 0 Å². The Hall–Kier alpha value is -1.27. The second-order valence-electron chi connectivity index (χ2n) is 4.92. The summed E-state index contributed by atoms with van der Waals surface area (Å²) in [6, 6.07) is 2.75. The van der Waals surface area contributed by atoms with E-state index in [-0.39, 0.29) is 31.8 Å². The highest BCUT2D eigenvalue weighted by atomic mass is 35.5. The van der Waals surface area contributed by atoms with Crippen molar-refractivity contribution in [3.05, 3.63) is 23.4 Å². The molecule has 1 amide bonds. The summed E-state index contributed by atoms with van der Waals surface area (Å²) in [5, 5.41) is 3.13. The maximum Gasteiger partial charge on any atom is 0.250 e. The van der Waals surface area contributed by atoms with E-state index >= 15 is 0 Å². The Kier molecular flexibility index (Phi) is 4.55. The lowest BCUT2D eigenvalue weighted by atomic mass is 10.0. The topological polar surface area (TPSA) is 45.2 Å². The van der Waals surface area contributed by atoms with Crippen LogP contribution in [0.4, 0.5) is 14.6 Å². The molecule has 1 aliphatic heterocycles. The van der Waals surface area contributed by atoms with Crippen molar-refractivity contribution in [1.82, 2.24) is 9.88 Å². The van der Waals surface area contributed by atoms with E-state index in [4.69, 9.17) is 11.6 Å². The van der Waals surface area contributed by atoms with Gasteiger partial charge in [-0.3, -0.25) is 9.69 Å². The molecule has 20 heavy (non-hydrogen) atoms. The van der Waals surface area contributed by atoms with Crippen molar-refractivity contribution in [3.8, 4) is 0 Å². The summed E-state index contributed by atoms with van der Waals surface area (Å²) in [6.07, 6.45) is 1.02. The minimum absolute atomic E-state index is 0.205. The first-order valence-corrected chi connectivity index (χ1v) is 6.79. The lowest BCUT2D eigenvalue weighted by Crippen LogP contribution is -2.48. The number of hydrogen-bond donors (Lipinski definition) is 1. The number of carbonyl (C=O) groups excluding carboxylic acids is 1. The number of piperidine rings is 1. The van der Waals surface area contributed by atoms with Gasteiger partial charge in [-0.25, -0.2) is 13.8 Å². The van der Waals surface area contributed by atoms with E-state index in [1.807, 2.05) is 0 Å². The summed E-state index contributed by atoms with van der Waals surface area (Å²) >= 11 is 5.70. The first kappa shape index (κ1) is 15.1. The molecule has 1 fully saturated rings. The van der Waals surface area contributed by atoms with Crippen molar-refractivity contribution in [2.75, 3.05) is 18.4 Å². The molecule has 0 radical (unpaired) electrons. The largest absolute Gasteiger partial charge is 0.309 e. The van der Waals surface area contributed by atoms with Crippen LogP contribution in [0.1, 0.15) is 19.8 Å².